The maximum Gasteiger partial charge on any atom is 0.238 e. The number of hydrogen-bond donors (Lipinski definition) is 1. The summed E-state index contributed by atoms with van der Waals surface area (Å²) in [4.78, 5) is 8.26. The van der Waals surface area contributed by atoms with Crippen molar-refractivity contribution in [2.75, 3.05) is 12.4 Å². The van der Waals surface area contributed by atoms with E-state index in [1.165, 1.54) is 0 Å². The fourth-order valence-electron chi connectivity index (χ4n) is 1.34. The summed E-state index contributed by atoms with van der Waals surface area (Å²) in [5.74, 6) is 1.47. The van der Waals surface area contributed by atoms with E-state index in [0.717, 1.165) is 5.56 Å². The van der Waals surface area contributed by atoms with Crippen molar-refractivity contribution < 1.29 is 4.74 Å². The monoisotopic (exact) mass is 327 g/mol. The second-order valence-electron chi connectivity index (χ2n) is 3.63. The van der Waals surface area contributed by atoms with Crippen LogP contribution in [0, 0.1) is 6.92 Å². The number of aromatic nitrogens is 2. The Balaban J connectivity index is 2.36. The number of anilines is 1. The molecule has 0 unspecified atom stereocenters. The molecule has 0 radical (unpaired) electrons. The molecule has 0 bridgehead atoms. The molecule has 1 heterocycles. The van der Waals surface area contributed by atoms with Crippen LogP contribution < -0.4 is 10.1 Å². The Morgan fingerprint density at radius 1 is 1.39 bits per heavy atom. The molecule has 0 saturated heterocycles. The first-order valence-corrected chi connectivity index (χ1v) is 6.41. The molecule has 0 fully saturated rings. The molecule has 0 aliphatic carbocycles. The summed E-state index contributed by atoms with van der Waals surface area (Å²) in [5.41, 5.74) is 1.06. The van der Waals surface area contributed by atoms with E-state index in [-0.39, 0.29) is 0 Å². The zero-order valence-corrected chi connectivity index (χ0v) is 12.2. The fraction of sp³-hybridized carbons (Fsp3) is 0.167. The average molecular weight is 329 g/mol. The number of aryl methyl sites for hydroxylation is 1. The number of benzene rings is 1. The third kappa shape index (κ3) is 2.91. The maximum atomic E-state index is 6.07. The van der Waals surface area contributed by atoms with Crippen molar-refractivity contribution in [3.8, 4) is 11.6 Å². The van der Waals surface area contributed by atoms with Gasteiger partial charge in [-0.25, -0.2) is 4.98 Å². The summed E-state index contributed by atoms with van der Waals surface area (Å²) in [5, 5.41) is 3.39. The second-order valence-corrected chi connectivity index (χ2v) is 4.89. The van der Waals surface area contributed by atoms with E-state index in [4.69, 9.17) is 16.3 Å². The highest BCUT2D eigenvalue weighted by molar-refractivity contribution is 9.10. The van der Waals surface area contributed by atoms with E-state index in [9.17, 15) is 0 Å². The Morgan fingerprint density at radius 2 is 2.17 bits per heavy atom. The van der Waals surface area contributed by atoms with Gasteiger partial charge in [-0.05, 0) is 40.5 Å². The molecule has 0 aliphatic rings. The minimum atomic E-state index is 0.418. The number of ether oxygens (including phenoxy) is 1. The molecule has 4 nitrogen and oxygen atoms in total. The molecule has 1 aromatic carbocycles. The van der Waals surface area contributed by atoms with Crippen molar-refractivity contribution in [1.29, 1.82) is 0 Å². The molecule has 6 heteroatoms. The highest BCUT2D eigenvalue weighted by Gasteiger charge is 2.09. The van der Waals surface area contributed by atoms with Crippen molar-refractivity contribution in [3.63, 3.8) is 0 Å². The fourth-order valence-corrected chi connectivity index (χ4v) is 1.76. The quantitative estimate of drug-likeness (QED) is 0.924. The minimum absolute atomic E-state index is 0.418. The number of rotatable bonds is 3. The normalized spacial score (nSPS) is 10.2. The molecule has 0 saturated carbocycles. The van der Waals surface area contributed by atoms with Crippen LogP contribution in [0.15, 0.2) is 28.9 Å². The third-order valence-electron chi connectivity index (χ3n) is 2.23. The predicted molar refractivity (Wildman–Crippen MR) is 75.5 cm³/mol. The Kier molecular flexibility index (Phi) is 4.04. The highest BCUT2D eigenvalue weighted by Crippen LogP contribution is 2.33. The van der Waals surface area contributed by atoms with Crippen molar-refractivity contribution in [3.05, 3.63) is 39.5 Å². The van der Waals surface area contributed by atoms with E-state index >= 15 is 0 Å². The minimum Gasteiger partial charge on any atom is -0.436 e. The van der Waals surface area contributed by atoms with Crippen LogP contribution in [0.25, 0.3) is 0 Å². The van der Waals surface area contributed by atoms with E-state index in [1.54, 1.807) is 19.3 Å². The Labute approximate surface area is 118 Å². The molecular weight excluding hydrogens is 318 g/mol. The van der Waals surface area contributed by atoms with Gasteiger partial charge in [0, 0.05) is 7.05 Å². The number of nitrogens with zero attached hydrogens (tertiary/aromatic N) is 2. The number of halogens is 2. The van der Waals surface area contributed by atoms with Gasteiger partial charge >= 0.3 is 0 Å². The molecule has 94 valence electrons. The number of nitrogens with one attached hydrogen (secondary N) is 1. The Bertz CT molecular complexity index is 577. The van der Waals surface area contributed by atoms with Gasteiger partial charge in [0.2, 0.25) is 11.8 Å². The second kappa shape index (κ2) is 5.54. The van der Waals surface area contributed by atoms with Crippen LogP contribution in [-0.4, -0.2) is 17.0 Å². The van der Waals surface area contributed by atoms with E-state index in [2.05, 4.69) is 31.2 Å². The lowest BCUT2D eigenvalue weighted by Crippen LogP contribution is -1.98. The molecule has 2 aromatic rings. The van der Waals surface area contributed by atoms with Crippen molar-refractivity contribution in [2.45, 2.75) is 6.92 Å². The first-order chi connectivity index (χ1) is 8.60. The molecule has 2 rings (SSSR count). The van der Waals surface area contributed by atoms with Crippen LogP contribution in [0.1, 0.15) is 5.56 Å². The largest absolute Gasteiger partial charge is 0.436 e. The zero-order valence-electron chi connectivity index (χ0n) is 9.87. The lowest BCUT2D eigenvalue weighted by atomic mass is 10.2. The van der Waals surface area contributed by atoms with Crippen molar-refractivity contribution >= 4 is 33.5 Å². The van der Waals surface area contributed by atoms with Crippen LogP contribution in [0.5, 0.6) is 11.6 Å². The summed E-state index contributed by atoms with van der Waals surface area (Å²) in [6, 6.07) is 5.57. The van der Waals surface area contributed by atoms with Crippen LogP contribution in [0.2, 0.25) is 5.02 Å². The van der Waals surface area contributed by atoms with Crippen LogP contribution in [0.3, 0.4) is 0 Å². The first kappa shape index (κ1) is 13.1. The smallest absolute Gasteiger partial charge is 0.238 e. The Hall–Kier alpha value is -1.33. The van der Waals surface area contributed by atoms with Gasteiger partial charge in [-0.3, -0.25) is 0 Å². The first-order valence-electron chi connectivity index (χ1n) is 5.24. The SMILES string of the molecule is CNc1ncc(Br)c(Oc2cc(C)ccc2Cl)n1. The predicted octanol–water partition coefficient (Wildman–Crippen LogP) is 4.03. The van der Waals surface area contributed by atoms with Gasteiger partial charge in [-0.1, -0.05) is 17.7 Å². The summed E-state index contributed by atoms with van der Waals surface area (Å²) in [6.07, 6.45) is 1.62. The van der Waals surface area contributed by atoms with E-state index in [1.807, 2.05) is 19.1 Å². The summed E-state index contributed by atoms with van der Waals surface area (Å²) < 4.78 is 6.36. The number of hydrogen-bond acceptors (Lipinski definition) is 4. The molecule has 1 aromatic heterocycles. The van der Waals surface area contributed by atoms with Crippen LogP contribution >= 0.6 is 27.5 Å². The summed E-state index contributed by atoms with van der Waals surface area (Å²) in [7, 11) is 1.74. The van der Waals surface area contributed by atoms with Gasteiger partial charge in [-0.2, -0.15) is 4.98 Å². The van der Waals surface area contributed by atoms with Crippen LogP contribution in [-0.2, 0) is 0 Å². The van der Waals surface area contributed by atoms with Gasteiger partial charge in [0.05, 0.1) is 15.7 Å². The molecule has 0 atom stereocenters. The molecule has 0 spiro atoms. The Morgan fingerprint density at radius 3 is 2.89 bits per heavy atom. The third-order valence-corrected chi connectivity index (χ3v) is 3.09. The topological polar surface area (TPSA) is 47.0 Å². The van der Waals surface area contributed by atoms with Crippen molar-refractivity contribution in [1.82, 2.24) is 9.97 Å². The van der Waals surface area contributed by atoms with Gasteiger partial charge in [0.25, 0.3) is 0 Å². The maximum absolute atomic E-state index is 6.07. The van der Waals surface area contributed by atoms with E-state index < -0.39 is 0 Å². The van der Waals surface area contributed by atoms with Gasteiger partial charge < -0.3 is 10.1 Å². The van der Waals surface area contributed by atoms with Gasteiger partial charge in [0.15, 0.2) is 0 Å². The van der Waals surface area contributed by atoms with Crippen LogP contribution in [0.4, 0.5) is 5.95 Å². The lowest BCUT2D eigenvalue weighted by molar-refractivity contribution is 0.459. The van der Waals surface area contributed by atoms with Gasteiger partial charge in [-0.15, -0.1) is 0 Å². The lowest BCUT2D eigenvalue weighted by Gasteiger charge is -2.09. The van der Waals surface area contributed by atoms with Gasteiger partial charge in [0.1, 0.15) is 5.75 Å². The standard InChI is InChI=1S/C12H11BrClN3O/c1-7-3-4-9(14)10(5-7)18-11-8(13)6-16-12(15-2)17-11/h3-6H,1-2H3,(H,15,16,17). The highest BCUT2D eigenvalue weighted by atomic mass is 79.9. The molecule has 1 N–H and O–H groups in total. The summed E-state index contributed by atoms with van der Waals surface area (Å²) in [6.45, 7) is 1.97. The average Bonchev–Trinajstić information content (AvgIpc) is 2.36. The van der Waals surface area contributed by atoms with E-state index in [0.29, 0.717) is 27.1 Å². The molecule has 0 amide bonds. The van der Waals surface area contributed by atoms with Crippen molar-refractivity contribution in [2.24, 2.45) is 0 Å². The zero-order chi connectivity index (χ0) is 13.1. The molecule has 18 heavy (non-hydrogen) atoms. The molecule has 0 aliphatic heterocycles. The summed E-state index contributed by atoms with van der Waals surface area (Å²) >= 11 is 9.41. The molecular formula is C12H11BrClN3O.